The molecule has 0 aromatic carbocycles. The molecule has 90 valence electrons. The minimum Gasteiger partial charge on any atom is -0.300 e. The molecule has 2 rings (SSSR count). The summed E-state index contributed by atoms with van der Waals surface area (Å²) in [6.07, 6.45) is 8.94. The molecule has 0 unspecified atom stereocenters. The maximum absolute atomic E-state index is 8.89. The fourth-order valence-electron chi connectivity index (χ4n) is 3.30. The maximum Gasteiger partial charge on any atom is 0.0655 e. The number of rotatable bonds is 2. The molecule has 2 fully saturated rings. The second kappa shape index (κ2) is 5.68. The van der Waals surface area contributed by atoms with Crippen molar-refractivity contribution < 1.29 is 0 Å². The Morgan fingerprint density at radius 1 is 1.06 bits per heavy atom. The molecular formula is C14H24N2. The van der Waals surface area contributed by atoms with E-state index in [1.54, 1.807) is 0 Å². The molecule has 0 radical (unpaired) electrons. The first-order valence-electron chi connectivity index (χ1n) is 6.97. The first-order chi connectivity index (χ1) is 7.83. The number of hydrogen-bond donors (Lipinski definition) is 0. The van der Waals surface area contributed by atoms with E-state index in [4.69, 9.17) is 5.26 Å². The van der Waals surface area contributed by atoms with Crippen molar-refractivity contribution in [2.45, 2.75) is 57.9 Å². The second-order valence-electron chi connectivity index (χ2n) is 5.52. The van der Waals surface area contributed by atoms with Gasteiger partial charge in [-0.3, -0.25) is 0 Å². The highest BCUT2D eigenvalue weighted by Gasteiger charge is 2.28. The van der Waals surface area contributed by atoms with Crippen LogP contribution in [0.4, 0.5) is 0 Å². The minimum atomic E-state index is 0.351. The molecule has 0 spiro atoms. The largest absolute Gasteiger partial charge is 0.300 e. The Hall–Kier alpha value is -0.550. The lowest BCUT2D eigenvalue weighted by Crippen LogP contribution is -2.43. The standard InChI is InChI=1S/C14H24N2/c1-2-12-7-9-16(10-8-12)14-5-3-13(11-15)4-6-14/h12-14H,2-10H2,1H3. The third-order valence-corrected chi connectivity index (χ3v) is 4.62. The molecule has 1 aliphatic carbocycles. The van der Waals surface area contributed by atoms with Crippen molar-refractivity contribution in [1.29, 1.82) is 5.26 Å². The fraction of sp³-hybridized carbons (Fsp3) is 0.929. The Kier molecular flexibility index (Phi) is 4.23. The van der Waals surface area contributed by atoms with E-state index in [1.807, 2.05) is 0 Å². The van der Waals surface area contributed by atoms with Gasteiger partial charge in [0, 0.05) is 12.0 Å². The first kappa shape index (κ1) is 11.9. The molecule has 0 amide bonds. The van der Waals surface area contributed by atoms with Crippen LogP contribution in [0.15, 0.2) is 0 Å². The Balaban J connectivity index is 1.76. The van der Waals surface area contributed by atoms with E-state index in [9.17, 15) is 0 Å². The third kappa shape index (κ3) is 2.77. The molecule has 0 aromatic heterocycles. The van der Waals surface area contributed by atoms with Crippen molar-refractivity contribution >= 4 is 0 Å². The molecule has 1 saturated heterocycles. The molecule has 2 nitrogen and oxygen atoms in total. The van der Waals surface area contributed by atoms with Crippen molar-refractivity contribution in [2.24, 2.45) is 11.8 Å². The van der Waals surface area contributed by atoms with Gasteiger partial charge in [0.1, 0.15) is 0 Å². The summed E-state index contributed by atoms with van der Waals surface area (Å²) in [6, 6.07) is 3.22. The Morgan fingerprint density at radius 3 is 2.19 bits per heavy atom. The van der Waals surface area contributed by atoms with Gasteiger partial charge in [-0.15, -0.1) is 0 Å². The van der Waals surface area contributed by atoms with E-state index in [0.29, 0.717) is 5.92 Å². The molecular weight excluding hydrogens is 196 g/mol. The zero-order chi connectivity index (χ0) is 11.4. The van der Waals surface area contributed by atoms with E-state index in [2.05, 4.69) is 17.9 Å². The van der Waals surface area contributed by atoms with Crippen molar-refractivity contribution in [2.75, 3.05) is 13.1 Å². The summed E-state index contributed by atoms with van der Waals surface area (Å²) in [7, 11) is 0. The first-order valence-corrected chi connectivity index (χ1v) is 6.97. The monoisotopic (exact) mass is 220 g/mol. The quantitative estimate of drug-likeness (QED) is 0.714. The van der Waals surface area contributed by atoms with Gasteiger partial charge in [0.25, 0.3) is 0 Å². The van der Waals surface area contributed by atoms with Crippen molar-refractivity contribution in [3.05, 3.63) is 0 Å². The highest BCUT2D eigenvalue weighted by Crippen LogP contribution is 2.30. The zero-order valence-corrected chi connectivity index (χ0v) is 10.5. The predicted octanol–water partition coefficient (Wildman–Crippen LogP) is 3.19. The molecule has 0 aromatic rings. The van der Waals surface area contributed by atoms with E-state index >= 15 is 0 Å². The molecule has 0 atom stereocenters. The Labute approximate surface area is 99.6 Å². The van der Waals surface area contributed by atoms with Crippen LogP contribution in [0, 0.1) is 23.2 Å². The van der Waals surface area contributed by atoms with Gasteiger partial charge >= 0.3 is 0 Å². The van der Waals surface area contributed by atoms with Crippen LogP contribution in [0.5, 0.6) is 0 Å². The highest BCUT2D eigenvalue weighted by atomic mass is 15.2. The number of piperidine rings is 1. The van der Waals surface area contributed by atoms with Crippen LogP contribution in [0.1, 0.15) is 51.9 Å². The summed E-state index contributed by atoms with van der Waals surface area (Å²) >= 11 is 0. The van der Waals surface area contributed by atoms with Gasteiger partial charge in [-0.25, -0.2) is 0 Å². The van der Waals surface area contributed by atoms with Crippen molar-refractivity contribution in [1.82, 2.24) is 4.90 Å². The van der Waals surface area contributed by atoms with Gasteiger partial charge < -0.3 is 4.90 Å². The summed E-state index contributed by atoms with van der Waals surface area (Å²) in [6.45, 7) is 4.93. The van der Waals surface area contributed by atoms with Crippen LogP contribution in [0.3, 0.4) is 0 Å². The fourth-order valence-corrected chi connectivity index (χ4v) is 3.30. The topological polar surface area (TPSA) is 27.0 Å². The minimum absolute atomic E-state index is 0.351. The average Bonchev–Trinajstić information content (AvgIpc) is 2.39. The molecule has 16 heavy (non-hydrogen) atoms. The zero-order valence-electron chi connectivity index (χ0n) is 10.5. The van der Waals surface area contributed by atoms with Crippen molar-refractivity contribution in [3.8, 4) is 6.07 Å². The van der Waals surface area contributed by atoms with Gasteiger partial charge in [-0.05, 0) is 57.5 Å². The number of nitrogens with zero attached hydrogens (tertiary/aromatic N) is 2. The molecule has 2 heteroatoms. The van der Waals surface area contributed by atoms with E-state index in [0.717, 1.165) is 24.8 Å². The normalized spacial score (nSPS) is 33.5. The van der Waals surface area contributed by atoms with E-state index in [1.165, 1.54) is 45.2 Å². The molecule has 1 aliphatic heterocycles. The van der Waals surface area contributed by atoms with Gasteiger partial charge in [0.2, 0.25) is 0 Å². The van der Waals surface area contributed by atoms with Gasteiger partial charge in [0.15, 0.2) is 0 Å². The third-order valence-electron chi connectivity index (χ3n) is 4.62. The number of hydrogen-bond acceptors (Lipinski definition) is 2. The molecule has 0 bridgehead atoms. The van der Waals surface area contributed by atoms with Crippen molar-refractivity contribution in [3.63, 3.8) is 0 Å². The lowest BCUT2D eigenvalue weighted by molar-refractivity contribution is 0.0994. The van der Waals surface area contributed by atoms with E-state index < -0.39 is 0 Å². The van der Waals surface area contributed by atoms with E-state index in [-0.39, 0.29) is 0 Å². The highest BCUT2D eigenvalue weighted by molar-refractivity contribution is 4.90. The number of likely N-dealkylation sites (tertiary alicyclic amines) is 1. The number of nitriles is 1. The average molecular weight is 220 g/mol. The summed E-state index contributed by atoms with van der Waals surface area (Å²) in [5, 5.41) is 8.89. The van der Waals surface area contributed by atoms with Crippen LogP contribution < -0.4 is 0 Å². The Morgan fingerprint density at radius 2 is 1.69 bits per heavy atom. The second-order valence-corrected chi connectivity index (χ2v) is 5.52. The van der Waals surface area contributed by atoms with Crippen LogP contribution in [-0.4, -0.2) is 24.0 Å². The van der Waals surface area contributed by atoms with Gasteiger partial charge in [0.05, 0.1) is 6.07 Å². The molecule has 0 N–H and O–H groups in total. The summed E-state index contributed by atoms with van der Waals surface area (Å²) in [5.41, 5.74) is 0. The SMILES string of the molecule is CCC1CCN(C2CCC(C#N)CC2)CC1. The maximum atomic E-state index is 8.89. The van der Waals surface area contributed by atoms with Crippen LogP contribution in [0.2, 0.25) is 0 Å². The summed E-state index contributed by atoms with van der Waals surface area (Å²) in [4.78, 5) is 2.69. The Bertz CT molecular complexity index is 240. The molecule has 2 aliphatic rings. The van der Waals surface area contributed by atoms with Crippen LogP contribution in [-0.2, 0) is 0 Å². The lowest BCUT2D eigenvalue weighted by atomic mass is 9.84. The van der Waals surface area contributed by atoms with Gasteiger partial charge in [-0.1, -0.05) is 13.3 Å². The molecule has 1 heterocycles. The summed E-state index contributed by atoms with van der Waals surface area (Å²) < 4.78 is 0. The van der Waals surface area contributed by atoms with Crippen LogP contribution >= 0.6 is 0 Å². The lowest BCUT2D eigenvalue weighted by Gasteiger charge is -2.39. The smallest absolute Gasteiger partial charge is 0.0655 e. The predicted molar refractivity (Wildman–Crippen MR) is 65.9 cm³/mol. The van der Waals surface area contributed by atoms with Crippen LogP contribution in [0.25, 0.3) is 0 Å². The molecule has 1 saturated carbocycles. The van der Waals surface area contributed by atoms with Gasteiger partial charge in [-0.2, -0.15) is 5.26 Å². The summed E-state index contributed by atoms with van der Waals surface area (Å²) in [5.74, 6) is 1.33.